The summed E-state index contributed by atoms with van der Waals surface area (Å²) in [4.78, 5) is 13.6. The smallest absolute Gasteiger partial charge is 0.257 e. The lowest BCUT2D eigenvalue weighted by atomic mass is 10.1. The van der Waals surface area contributed by atoms with Gasteiger partial charge in [0.2, 0.25) is 21.9 Å². The van der Waals surface area contributed by atoms with Crippen LogP contribution in [0.5, 0.6) is 0 Å². The normalized spacial score (nSPS) is 11.3. The first-order chi connectivity index (χ1) is 17.3. The van der Waals surface area contributed by atoms with E-state index in [1.807, 2.05) is 73.7 Å². The molecular weight excluding hydrogens is 476 g/mol. The number of hydrogen-bond donors (Lipinski definition) is 3. The third-order valence-electron chi connectivity index (χ3n) is 5.24. The lowest BCUT2D eigenvalue weighted by Crippen LogP contribution is -2.12. The van der Waals surface area contributed by atoms with Crippen molar-refractivity contribution in [2.24, 2.45) is 5.14 Å². The maximum Gasteiger partial charge on any atom is 0.257 e. The van der Waals surface area contributed by atoms with Crippen LogP contribution in [0.25, 0.3) is 17.2 Å². The highest BCUT2D eigenvalue weighted by atomic mass is 32.2. The fourth-order valence-electron chi connectivity index (χ4n) is 3.51. The molecule has 2 heterocycles. The molecule has 0 aliphatic heterocycles. The van der Waals surface area contributed by atoms with Crippen molar-refractivity contribution in [3.8, 4) is 17.2 Å². The number of nitrogens with zero attached hydrogens (tertiary/aromatic N) is 5. The highest BCUT2D eigenvalue weighted by Crippen LogP contribution is 2.23. The van der Waals surface area contributed by atoms with Crippen LogP contribution in [-0.4, -0.2) is 33.2 Å². The van der Waals surface area contributed by atoms with E-state index >= 15 is 0 Å². The molecule has 5 aromatic rings. The van der Waals surface area contributed by atoms with Gasteiger partial charge in [0, 0.05) is 22.6 Å². The summed E-state index contributed by atoms with van der Waals surface area (Å²) in [5.41, 5.74) is 3.99. The summed E-state index contributed by atoms with van der Waals surface area (Å²) >= 11 is 0. The molecule has 0 atom stereocenters. The highest BCUT2D eigenvalue weighted by Gasteiger charge is 2.15. The monoisotopic (exact) mass is 498 g/mol. The van der Waals surface area contributed by atoms with Crippen molar-refractivity contribution < 1.29 is 8.42 Å². The summed E-state index contributed by atoms with van der Waals surface area (Å²) in [5.74, 6) is 0.871. The second-order valence-corrected chi connectivity index (χ2v) is 9.48. The Kier molecular flexibility index (Phi) is 6.15. The molecule has 0 saturated heterocycles. The quantitative estimate of drug-likeness (QED) is 0.304. The molecule has 0 unspecified atom stereocenters. The third-order valence-corrected chi connectivity index (χ3v) is 6.17. The molecule has 3 aromatic carbocycles. The van der Waals surface area contributed by atoms with Crippen molar-refractivity contribution in [1.29, 1.82) is 0 Å². The van der Waals surface area contributed by atoms with Crippen LogP contribution < -0.4 is 15.8 Å². The molecule has 4 N–H and O–H groups in total. The number of nitrogens with two attached hydrogens (primary N) is 1. The van der Waals surface area contributed by atoms with Crippen LogP contribution in [-0.2, 0) is 10.0 Å². The summed E-state index contributed by atoms with van der Waals surface area (Å²) in [7, 11) is -3.79. The minimum atomic E-state index is -3.79. The van der Waals surface area contributed by atoms with Gasteiger partial charge in [-0.25, -0.2) is 18.2 Å². The molecule has 36 heavy (non-hydrogen) atoms. The first kappa shape index (κ1) is 23.1. The number of sulfonamides is 1. The molecule has 0 aliphatic carbocycles. The standard InChI is InChI=1S/C25H22N8O2S/c1-17-16-22(18-8-4-2-5-9-18)32-33(17)25-30-23(27-19-10-6-3-7-11-19)29-24(31-25)28-20-12-14-21(15-13-20)36(26,34)35/h2-16H,1H3,(H2,26,34,35)(H2,27,28,29,30,31). The number of rotatable bonds is 7. The zero-order valence-electron chi connectivity index (χ0n) is 19.2. The number of aromatic nitrogens is 5. The summed E-state index contributed by atoms with van der Waals surface area (Å²) in [5, 5.41) is 16.2. The predicted octanol–water partition coefficient (Wildman–Crippen LogP) is 4.17. The Bertz CT molecular complexity index is 1600. The summed E-state index contributed by atoms with van der Waals surface area (Å²) < 4.78 is 24.8. The van der Waals surface area contributed by atoms with Crippen molar-refractivity contribution in [2.45, 2.75) is 11.8 Å². The van der Waals surface area contributed by atoms with Gasteiger partial charge in [0.1, 0.15) is 0 Å². The van der Waals surface area contributed by atoms with E-state index in [0.717, 1.165) is 22.6 Å². The van der Waals surface area contributed by atoms with Crippen molar-refractivity contribution in [3.05, 3.63) is 96.7 Å². The van der Waals surface area contributed by atoms with Crippen LogP contribution in [0.4, 0.5) is 23.3 Å². The van der Waals surface area contributed by atoms with Crippen LogP contribution in [0.15, 0.2) is 95.9 Å². The average Bonchev–Trinajstić information content (AvgIpc) is 3.26. The first-order valence-electron chi connectivity index (χ1n) is 11.0. The molecular formula is C25H22N8O2S. The number of primary sulfonamides is 1. The van der Waals surface area contributed by atoms with Gasteiger partial charge in [-0.2, -0.15) is 20.1 Å². The van der Waals surface area contributed by atoms with E-state index in [1.54, 1.807) is 16.8 Å². The fourth-order valence-corrected chi connectivity index (χ4v) is 4.02. The topological polar surface area (TPSA) is 141 Å². The third kappa shape index (κ3) is 5.22. The number of nitrogens with one attached hydrogen (secondary N) is 2. The molecule has 10 nitrogen and oxygen atoms in total. The van der Waals surface area contributed by atoms with Crippen molar-refractivity contribution in [1.82, 2.24) is 24.7 Å². The van der Waals surface area contributed by atoms with Crippen LogP contribution >= 0.6 is 0 Å². The van der Waals surface area contributed by atoms with Crippen LogP contribution in [0.2, 0.25) is 0 Å². The Morgan fingerprint density at radius 1 is 0.750 bits per heavy atom. The maximum atomic E-state index is 11.6. The van der Waals surface area contributed by atoms with Crippen LogP contribution in [0.1, 0.15) is 5.69 Å². The molecule has 0 fully saturated rings. The minimum Gasteiger partial charge on any atom is -0.324 e. The molecule has 0 amide bonds. The van der Waals surface area contributed by atoms with E-state index in [1.165, 1.54) is 12.1 Å². The molecule has 2 aromatic heterocycles. The molecule has 5 rings (SSSR count). The van der Waals surface area contributed by atoms with Gasteiger partial charge in [-0.1, -0.05) is 48.5 Å². The SMILES string of the molecule is Cc1cc(-c2ccccc2)nn1-c1nc(Nc2ccccc2)nc(Nc2ccc(S(N)(=O)=O)cc2)n1. The van der Waals surface area contributed by atoms with Gasteiger partial charge in [-0.3, -0.25) is 0 Å². The second-order valence-electron chi connectivity index (χ2n) is 7.92. The largest absolute Gasteiger partial charge is 0.324 e. The fraction of sp³-hybridized carbons (Fsp3) is 0.0400. The number of para-hydroxylation sites is 1. The summed E-state index contributed by atoms with van der Waals surface area (Å²) in [6, 6.07) is 27.3. The van der Waals surface area contributed by atoms with E-state index in [9.17, 15) is 8.42 Å². The van der Waals surface area contributed by atoms with Crippen LogP contribution in [0.3, 0.4) is 0 Å². The maximum absolute atomic E-state index is 11.6. The molecule has 0 saturated carbocycles. The van der Waals surface area contributed by atoms with Crippen molar-refractivity contribution in [2.75, 3.05) is 10.6 Å². The summed E-state index contributed by atoms with van der Waals surface area (Å²) in [6.07, 6.45) is 0. The summed E-state index contributed by atoms with van der Waals surface area (Å²) in [6.45, 7) is 1.92. The predicted molar refractivity (Wildman–Crippen MR) is 138 cm³/mol. The van der Waals surface area contributed by atoms with E-state index in [0.29, 0.717) is 17.6 Å². The average molecular weight is 499 g/mol. The van der Waals surface area contributed by atoms with Gasteiger partial charge in [0.15, 0.2) is 0 Å². The number of aryl methyl sites for hydroxylation is 1. The Balaban J connectivity index is 1.53. The first-order valence-corrected chi connectivity index (χ1v) is 12.5. The van der Waals surface area contributed by atoms with E-state index in [4.69, 9.17) is 10.2 Å². The molecule has 0 bridgehead atoms. The Hall–Kier alpha value is -4.61. The molecule has 11 heteroatoms. The Morgan fingerprint density at radius 2 is 1.31 bits per heavy atom. The van der Waals surface area contributed by atoms with Gasteiger partial charge in [0.25, 0.3) is 5.95 Å². The van der Waals surface area contributed by atoms with Gasteiger partial charge in [-0.15, -0.1) is 0 Å². The number of hydrogen-bond acceptors (Lipinski definition) is 8. The van der Waals surface area contributed by atoms with Crippen molar-refractivity contribution >= 4 is 33.3 Å². The molecule has 0 aliphatic rings. The zero-order chi connectivity index (χ0) is 25.1. The highest BCUT2D eigenvalue weighted by molar-refractivity contribution is 7.89. The molecule has 0 spiro atoms. The molecule has 180 valence electrons. The van der Waals surface area contributed by atoms with Crippen molar-refractivity contribution in [3.63, 3.8) is 0 Å². The lowest BCUT2D eigenvalue weighted by Gasteiger charge is -2.11. The number of anilines is 4. The van der Waals surface area contributed by atoms with Gasteiger partial charge in [0.05, 0.1) is 10.6 Å². The van der Waals surface area contributed by atoms with Gasteiger partial charge >= 0.3 is 0 Å². The molecule has 0 radical (unpaired) electrons. The van der Waals surface area contributed by atoms with E-state index in [-0.39, 0.29) is 10.8 Å². The zero-order valence-corrected chi connectivity index (χ0v) is 20.0. The second kappa shape index (κ2) is 9.56. The Morgan fingerprint density at radius 3 is 1.89 bits per heavy atom. The van der Waals surface area contributed by atoms with Gasteiger partial charge in [-0.05, 0) is 49.4 Å². The minimum absolute atomic E-state index is 0.0106. The number of benzene rings is 3. The van der Waals surface area contributed by atoms with E-state index < -0.39 is 10.0 Å². The van der Waals surface area contributed by atoms with Crippen LogP contribution in [0, 0.1) is 6.92 Å². The lowest BCUT2D eigenvalue weighted by molar-refractivity contribution is 0.598. The van der Waals surface area contributed by atoms with Gasteiger partial charge < -0.3 is 10.6 Å². The van der Waals surface area contributed by atoms with E-state index in [2.05, 4.69) is 25.6 Å². The Labute approximate surface area is 207 Å².